The van der Waals surface area contributed by atoms with Crippen LogP contribution in [0.3, 0.4) is 0 Å². The zero-order valence-electron chi connectivity index (χ0n) is 16.3. The van der Waals surface area contributed by atoms with Crippen LogP contribution in [0.1, 0.15) is 25.3 Å². The number of nitrogens with zero attached hydrogens (tertiary/aromatic N) is 4. The number of nitriles is 3. The number of hydrogen-bond donors (Lipinski definition) is 1. The van der Waals surface area contributed by atoms with E-state index in [0.29, 0.717) is 24.6 Å². The van der Waals surface area contributed by atoms with E-state index in [1.54, 1.807) is 6.07 Å². The predicted molar refractivity (Wildman–Crippen MR) is 104 cm³/mol. The molecule has 146 valence electrons. The van der Waals surface area contributed by atoms with Crippen LogP contribution in [0.2, 0.25) is 0 Å². The molecular weight excluding hydrogens is 366 g/mol. The first-order chi connectivity index (χ1) is 14.0. The zero-order valence-corrected chi connectivity index (χ0v) is 16.3. The summed E-state index contributed by atoms with van der Waals surface area (Å²) >= 11 is 0. The molecule has 1 aliphatic carbocycles. The fourth-order valence-electron chi connectivity index (χ4n) is 4.61. The van der Waals surface area contributed by atoms with Crippen LogP contribution < -0.4 is 15.2 Å². The number of ether oxygens (including phenoxy) is 2. The molecule has 0 saturated carbocycles. The molecule has 0 radical (unpaired) electrons. The van der Waals surface area contributed by atoms with Gasteiger partial charge in [0.05, 0.1) is 23.4 Å². The lowest BCUT2D eigenvalue weighted by Crippen LogP contribution is -2.49. The van der Waals surface area contributed by atoms with E-state index in [0.717, 1.165) is 11.1 Å². The van der Waals surface area contributed by atoms with Crippen molar-refractivity contribution in [3.05, 3.63) is 46.7 Å². The van der Waals surface area contributed by atoms with Gasteiger partial charge in [0, 0.05) is 31.0 Å². The lowest BCUT2D eigenvalue weighted by molar-refractivity contribution is 0.172. The number of hydrogen-bond acceptors (Lipinski definition) is 7. The zero-order chi connectivity index (χ0) is 20.8. The number of nitrogens with two attached hydrogens (primary N) is 1. The van der Waals surface area contributed by atoms with Crippen LogP contribution in [0.4, 0.5) is 0 Å². The third-order valence-corrected chi connectivity index (χ3v) is 6.18. The summed E-state index contributed by atoms with van der Waals surface area (Å²) in [6.07, 6.45) is 2.01. The lowest BCUT2D eigenvalue weighted by Gasteiger charge is -2.46. The van der Waals surface area contributed by atoms with Gasteiger partial charge in [-0.25, -0.2) is 0 Å². The molecule has 1 aromatic rings. The smallest absolute Gasteiger partial charge is 0.231 e. The molecular formula is C22H21N5O2. The molecule has 0 aromatic heterocycles. The molecule has 4 rings (SSSR count). The van der Waals surface area contributed by atoms with E-state index in [9.17, 15) is 15.8 Å². The van der Waals surface area contributed by atoms with Crippen LogP contribution in [0.25, 0.3) is 0 Å². The quantitative estimate of drug-likeness (QED) is 0.828. The van der Waals surface area contributed by atoms with Crippen LogP contribution in [0.15, 0.2) is 41.1 Å². The molecule has 29 heavy (non-hydrogen) atoms. The van der Waals surface area contributed by atoms with E-state index in [1.807, 2.05) is 18.2 Å². The summed E-state index contributed by atoms with van der Waals surface area (Å²) in [5.41, 5.74) is 6.59. The molecule has 2 atom stereocenters. The van der Waals surface area contributed by atoms with Gasteiger partial charge < -0.3 is 15.2 Å². The number of benzene rings is 1. The Morgan fingerprint density at radius 3 is 2.55 bits per heavy atom. The molecule has 7 nitrogen and oxygen atoms in total. The standard InChI is InChI=1S/C22H21N5O2/c1-13(2)27-6-5-15-16(8-23)21(26)22(10-24,11-25)20(17(15)9-27)14-3-4-18-19(7-14)29-12-28-18/h3-5,7,13,17,20H,6,9,12,26H2,1-2H3/t17-,20+/m0/s1. The molecule has 0 fully saturated rings. The average molecular weight is 387 g/mol. The van der Waals surface area contributed by atoms with Crippen molar-refractivity contribution in [2.45, 2.75) is 25.8 Å². The number of rotatable bonds is 2. The topological polar surface area (TPSA) is 119 Å². The normalized spacial score (nSPS) is 24.9. The van der Waals surface area contributed by atoms with Gasteiger partial charge in [0.15, 0.2) is 16.9 Å². The van der Waals surface area contributed by atoms with Gasteiger partial charge in [-0.2, -0.15) is 15.8 Å². The summed E-state index contributed by atoms with van der Waals surface area (Å²) < 4.78 is 10.9. The first kappa shape index (κ1) is 18.9. The first-order valence-electron chi connectivity index (χ1n) is 9.53. The van der Waals surface area contributed by atoms with E-state index in [-0.39, 0.29) is 30.0 Å². The van der Waals surface area contributed by atoms with Crippen molar-refractivity contribution in [2.75, 3.05) is 19.9 Å². The van der Waals surface area contributed by atoms with Crippen LogP contribution in [0, 0.1) is 45.3 Å². The summed E-state index contributed by atoms with van der Waals surface area (Å²) in [5, 5.41) is 30.0. The molecule has 3 aliphatic rings. The van der Waals surface area contributed by atoms with Crippen LogP contribution in [-0.4, -0.2) is 30.8 Å². The Morgan fingerprint density at radius 2 is 1.90 bits per heavy atom. The Kier molecular flexibility index (Phi) is 4.46. The van der Waals surface area contributed by atoms with Gasteiger partial charge in [0.2, 0.25) is 6.79 Å². The highest BCUT2D eigenvalue weighted by atomic mass is 16.7. The fraction of sp³-hybridized carbons (Fsp3) is 0.409. The Balaban J connectivity index is 1.95. The maximum Gasteiger partial charge on any atom is 0.231 e. The second kappa shape index (κ2) is 6.85. The van der Waals surface area contributed by atoms with E-state index < -0.39 is 11.3 Å². The van der Waals surface area contributed by atoms with Crippen LogP contribution in [0.5, 0.6) is 11.5 Å². The molecule has 0 saturated heterocycles. The second-order valence-electron chi connectivity index (χ2n) is 7.84. The van der Waals surface area contributed by atoms with E-state index >= 15 is 0 Å². The molecule has 0 amide bonds. The molecule has 7 heteroatoms. The van der Waals surface area contributed by atoms with Gasteiger partial charge in [0.1, 0.15) is 6.07 Å². The molecule has 0 unspecified atom stereocenters. The van der Waals surface area contributed by atoms with Crippen molar-refractivity contribution in [3.8, 4) is 29.7 Å². The van der Waals surface area contributed by atoms with Crippen molar-refractivity contribution in [1.82, 2.24) is 4.90 Å². The minimum absolute atomic E-state index is 0.0353. The highest BCUT2D eigenvalue weighted by Crippen LogP contribution is 2.55. The average Bonchev–Trinajstić information content (AvgIpc) is 3.20. The van der Waals surface area contributed by atoms with Crippen molar-refractivity contribution >= 4 is 0 Å². The fourth-order valence-corrected chi connectivity index (χ4v) is 4.61. The molecule has 2 heterocycles. The Hall–Kier alpha value is -3.47. The third-order valence-electron chi connectivity index (χ3n) is 6.18. The molecule has 2 N–H and O–H groups in total. The van der Waals surface area contributed by atoms with E-state index in [2.05, 4.69) is 37.0 Å². The molecule has 0 bridgehead atoms. The minimum Gasteiger partial charge on any atom is -0.454 e. The number of fused-ring (bicyclic) bond motifs is 2. The highest BCUT2D eigenvalue weighted by Gasteiger charge is 2.54. The SMILES string of the molecule is CC(C)N1CC=C2C(C#N)=C(N)C(C#N)(C#N)[C@H](c3ccc4c(c3)OCO4)[C@H]2C1. The summed E-state index contributed by atoms with van der Waals surface area (Å²) in [7, 11) is 0. The number of allylic oxidation sites excluding steroid dienone is 2. The highest BCUT2D eigenvalue weighted by molar-refractivity contribution is 5.60. The van der Waals surface area contributed by atoms with Gasteiger partial charge in [-0.1, -0.05) is 12.1 Å². The van der Waals surface area contributed by atoms with E-state index in [4.69, 9.17) is 15.2 Å². The Bertz CT molecular complexity index is 1040. The maximum absolute atomic E-state index is 10.1. The molecule has 0 spiro atoms. The predicted octanol–water partition coefficient (Wildman–Crippen LogP) is 2.55. The molecule has 2 aliphatic heterocycles. The van der Waals surface area contributed by atoms with Crippen molar-refractivity contribution < 1.29 is 9.47 Å². The van der Waals surface area contributed by atoms with Crippen LogP contribution >= 0.6 is 0 Å². The van der Waals surface area contributed by atoms with Crippen molar-refractivity contribution in [2.24, 2.45) is 17.1 Å². The van der Waals surface area contributed by atoms with Crippen molar-refractivity contribution in [3.63, 3.8) is 0 Å². The summed E-state index contributed by atoms with van der Waals surface area (Å²) in [6.45, 7) is 5.68. The largest absolute Gasteiger partial charge is 0.454 e. The molecule has 1 aromatic carbocycles. The maximum atomic E-state index is 10.1. The Labute approximate surface area is 169 Å². The van der Waals surface area contributed by atoms with Gasteiger partial charge in [0.25, 0.3) is 0 Å². The Morgan fingerprint density at radius 1 is 1.17 bits per heavy atom. The van der Waals surface area contributed by atoms with Gasteiger partial charge in [-0.05, 0) is 37.1 Å². The summed E-state index contributed by atoms with van der Waals surface area (Å²) in [6, 6.07) is 12.2. The minimum atomic E-state index is -1.64. The second-order valence-corrected chi connectivity index (χ2v) is 7.84. The summed E-state index contributed by atoms with van der Waals surface area (Å²) in [5.74, 6) is 0.473. The summed E-state index contributed by atoms with van der Waals surface area (Å²) in [4.78, 5) is 2.27. The van der Waals surface area contributed by atoms with Gasteiger partial charge >= 0.3 is 0 Å². The lowest BCUT2D eigenvalue weighted by atomic mass is 9.58. The van der Waals surface area contributed by atoms with Crippen molar-refractivity contribution in [1.29, 1.82) is 15.8 Å². The first-order valence-corrected chi connectivity index (χ1v) is 9.53. The van der Waals surface area contributed by atoms with Gasteiger partial charge in [-0.3, -0.25) is 4.90 Å². The van der Waals surface area contributed by atoms with E-state index in [1.165, 1.54) is 0 Å². The van der Waals surface area contributed by atoms with Crippen LogP contribution in [-0.2, 0) is 0 Å². The van der Waals surface area contributed by atoms with Gasteiger partial charge in [-0.15, -0.1) is 0 Å². The monoisotopic (exact) mass is 387 g/mol. The third kappa shape index (κ3) is 2.65.